The summed E-state index contributed by atoms with van der Waals surface area (Å²) in [5, 5.41) is 2.79. The van der Waals surface area contributed by atoms with Gasteiger partial charge in [0.05, 0.1) is 0 Å². The lowest BCUT2D eigenvalue weighted by atomic mass is 10.1. The lowest BCUT2D eigenvalue weighted by molar-refractivity contribution is -0.136. The first kappa shape index (κ1) is 18.5. The topological polar surface area (TPSA) is 64.6 Å². The van der Waals surface area contributed by atoms with E-state index in [1.165, 1.54) is 0 Å². The molecule has 0 aliphatic rings. The first-order chi connectivity index (χ1) is 11.8. The molecule has 2 aromatic carbocycles. The number of hydrogen-bond donors (Lipinski definition) is 1. The molecule has 25 heavy (non-hydrogen) atoms. The average Bonchev–Trinajstić information content (AvgIpc) is 2.52. The van der Waals surface area contributed by atoms with Gasteiger partial charge in [-0.2, -0.15) is 0 Å². The molecule has 0 atom stereocenters. The molecule has 0 saturated heterocycles. The molecule has 0 fully saturated rings. The zero-order valence-electron chi connectivity index (χ0n) is 15.0. The van der Waals surface area contributed by atoms with Crippen molar-refractivity contribution in [3.8, 4) is 11.5 Å². The van der Waals surface area contributed by atoms with Crippen molar-refractivity contribution >= 4 is 17.6 Å². The molecule has 0 heterocycles. The fourth-order valence-electron chi connectivity index (χ4n) is 2.25. The standard InChI is InChI=1S/C20H23NO4/c1-13(2)20(23)21-16-6-5-7-17(11-16)24-12-19(22)25-18-9-14(3)8-15(4)10-18/h5-11,13H,12H2,1-4H3,(H,21,23). The Morgan fingerprint density at radius 3 is 2.32 bits per heavy atom. The number of nitrogens with one attached hydrogen (secondary N) is 1. The van der Waals surface area contributed by atoms with Crippen LogP contribution in [0.25, 0.3) is 0 Å². The molecule has 0 aliphatic carbocycles. The molecule has 1 N–H and O–H groups in total. The van der Waals surface area contributed by atoms with E-state index in [9.17, 15) is 9.59 Å². The van der Waals surface area contributed by atoms with Crippen molar-refractivity contribution in [2.24, 2.45) is 5.92 Å². The summed E-state index contributed by atoms with van der Waals surface area (Å²) in [6.45, 7) is 7.31. The highest BCUT2D eigenvalue weighted by molar-refractivity contribution is 5.92. The van der Waals surface area contributed by atoms with Crippen LogP contribution in [0.3, 0.4) is 0 Å². The fraction of sp³-hybridized carbons (Fsp3) is 0.300. The van der Waals surface area contributed by atoms with Gasteiger partial charge in [0, 0.05) is 17.7 Å². The quantitative estimate of drug-likeness (QED) is 0.640. The molecule has 0 saturated carbocycles. The van der Waals surface area contributed by atoms with Gasteiger partial charge in [0.15, 0.2) is 6.61 Å². The van der Waals surface area contributed by atoms with Gasteiger partial charge in [-0.1, -0.05) is 26.0 Å². The van der Waals surface area contributed by atoms with Crippen molar-refractivity contribution < 1.29 is 19.1 Å². The van der Waals surface area contributed by atoms with E-state index in [0.717, 1.165) is 11.1 Å². The van der Waals surface area contributed by atoms with Gasteiger partial charge in [0.2, 0.25) is 5.91 Å². The number of anilines is 1. The van der Waals surface area contributed by atoms with Crippen LogP contribution in [-0.4, -0.2) is 18.5 Å². The van der Waals surface area contributed by atoms with Gasteiger partial charge >= 0.3 is 5.97 Å². The van der Waals surface area contributed by atoms with Gasteiger partial charge in [0.1, 0.15) is 11.5 Å². The van der Waals surface area contributed by atoms with E-state index in [0.29, 0.717) is 17.2 Å². The maximum absolute atomic E-state index is 11.9. The van der Waals surface area contributed by atoms with Gasteiger partial charge in [-0.25, -0.2) is 4.79 Å². The molecule has 1 amide bonds. The Kier molecular flexibility index (Phi) is 6.17. The third kappa shape index (κ3) is 5.95. The van der Waals surface area contributed by atoms with Crippen LogP contribution in [0.4, 0.5) is 5.69 Å². The van der Waals surface area contributed by atoms with E-state index in [-0.39, 0.29) is 18.4 Å². The van der Waals surface area contributed by atoms with Crippen molar-refractivity contribution in [1.29, 1.82) is 0 Å². The molecule has 0 unspecified atom stereocenters. The normalized spacial score (nSPS) is 10.4. The average molecular weight is 341 g/mol. The number of rotatable bonds is 6. The first-order valence-corrected chi connectivity index (χ1v) is 8.16. The van der Waals surface area contributed by atoms with Crippen LogP contribution in [0.15, 0.2) is 42.5 Å². The molecule has 0 aromatic heterocycles. The molecular formula is C20H23NO4. The molecule has 2 aromatic rings. The van der Waals surface area contributed by atoms with Gasteiger partial charge in [-0.3, -0.25) is 4.79 Å². The van der Waals surface area contributed by atoms with Crippen LogP contribution >= 0.6 is 0 Å². The zero-order valence-corrected chi connectivity index (χ0v) is 15.0. The van der Waals surface area contributed by atoms with Crippen molar-refractivity contribution in [2.45, 2.75) is 27.7 Å². The number of carbonyl (C=O) groups is 2. The highest BCUT2D eigenvalue weighted by Crippen LogP contribution is 2.19. The highest BCUT2D eigenvalue weighted by Gasteiger charge is 2.09. The molecular weight excluding hydrogens is 318 g/mol. The van der Waals surface area contributed by atoms with E-state index in [1.54, 1.807) is 36.4 Å². The van der Waals surface area contributed by atoms with E-state index < -0.39 is 5.97 Å². The molecule has 0 spiro atoms. The number of benzene rings is 2. The van der Waals surface area contributed by atoms with Crippen LogP contribution in [0.2, 0.25) is 0 Å². The number of hydrogen-bond acceptors (Lipinski definition) is 4. The lowest BCUT2D eigenvalue weighted by Gasteiger charge is -2.11. The largest absolute Gasteiger partial charge is 0.482 e. The summed E-state index contributed by atoms with van der Waals surface area (Å²) < 4.78 is 10.7. The molecule has 132 valence electrons. The monoisotopic (exact) mass is 341 g/mol. The van der Waals surface area contributed by atoms with Gasteiger partial charge < -0.3 is 14.8 Å². The minimum atomic E-state index is -0.485. The van der Waals surface area contributed by atoms with Gasteiger partial charge in [-0.05, 0) is 49.2 Å². The smallest absolute Gasteiger partial charge is 0.349 e. The van der Waals surface area contributed by atoms with E-state index in [1.807, 2.05) is 33.8 Å². The van der Waals surface area contributed by atoms with Crippen molar-refractivity contribution in [3.63, 3.8) is 0 Å². The third-order valence-electron chi connectivity index (χ3n) is 3.41. The minimum Gasteiger partial charge on any atom is -0.482 e. The van der Waals surface area contributed by atoms with Crippen LogP contribution in [0, 0.1) is 19.8 Å². The van der Waals surface area contributed by atoms with E-state index in [2.05, 4.69) is 5.32 Å². The summed E-state index contributed by atoms with van der Waals surface area (Å²) >= 11 is 0. The summed E-state index contributed by atoms with van der Waals surface area (Å²) in [5.74, 6) is 0.313. The number of ether oxygens (including phenoxy) is 2. The Morgan fingerprint density at radius 2 is 1.68 bits per heavy atom. The minimum absolute atomic E-state index is 0.0774. The van der Waals surface area contributed by atoms with Crippen LogP contribution < -0.4 is 14.8 Å². The summed E-state index contributed by atoms with van der Waals surface area (Å²) in [6.07, 6.45) is 0. The molecule has 2 rings (SSSR count). The highest BCUT2D eigenvalue weighted by atomic mass is 16.6. The Morgan fingerprint density at radius 1 is 1.00 bits per heavy atom. The number of esters is 1. The van der Waals surface area contributed by atoms with Gasteiger partial charge in [0.25, 0.3) is 0 Å². The van der Waals surface area contributed by atoms with Gasteiger partial charge in [-0.15, -0.1) is 0 Å². The summed E-state index contributed by atoms with van der Waals surface area (Å²) in [5.41, 5.74) is 2.67. The second-order valence-corrected chi connectivity index (χ2v) is 6.26. The predicted molar refractivity (Wildman–Crippen MR) is 97.0 cm³/mol. The SMILES string of the molecule is Cc1cc(C)cc(OC(=O)COc2cccc(NC(=O)C(C)C)c2)c1. The van der Waals surface area contributed by atoms with Crippen LogP contribution in [0.5, 0.6) is 11.5 Å². The predicted octanol–water partition coefficient (Wildman–Crippen LogP) is 3.88. The van der Waals surface area contributed by atoms with E-state index >= 15 is 0 Å². The summed E-state index contributed by atoms with van der Waals surface area (Å²) in [6, 6.07) is 12.5. The van der Waals surface area contributed by atoms with Crippen molar-refractivity contribution in [2.75, 3.05) is 11.9 Å². The van der Waals surface area contributed by atoms with Crippen LogP contribution in [-0.2, 0) is 9.59 Å². The number of carbonyl (C=O) groups excluding carboxylic acids is 2. The Hall–Kier alpha value is -2.82. The Balaban J connectivity index is 1.92. The maximum atomic E-state index is 11.9. The zero-order chi connectivity index (χ0) is 18.4. The fourth-order valence-corrected chi connectivity index (χ4v) is 2.25. The first-order valence-electron chi connectivity index (χ1n) is 8.16. The van der Waals surface area contributed by atoms with Crippen molar-refractivity contribution in [1.82, 2.24) is 0 Å². The third-order valence-corrected chi connectivity index (χ3v) is 3.41. The summed E-state index contributed by atoms with van der Waals surface area (Å²) in [4.78, 5) is 23.7. The Bertz CT molecular complexity index is 748. The number of amides is 1. The maximum Gasteiger partial charge on any atom is 0.349 e. The second-order valence-electron chi connectivity index (χ2n) is 6.26. The van der Waals surface area contributed by atoms with Crippen molar-refractivity contribution in [3.05, 3.63) is 53.6 Å². The number of aryl methyl sites for hydroxylation is 2. The molecule has 0 aliphatic heterocycles. The molecule has 0 radical (unpaired) electrons. The van der Waals surface area contributed by atoms with E-state index in [4.69, 9.17) is 9.47 Å². The lowest BCUT2D eigenvalue weighted by Crippen LogP contribution is -2.19. The molecule has 5 nitrogen and oxygen atoms in total. The summed E-state index contributed by atoms with van der Waals surface area (Å²) in [7, 11) is 0. The molecule has 0 bridgehead atoms. The second kappa shape index (κ2) is 8.33. The van der Waals surface area contributed by atoms with Crippen LogP contribution in [0.1, 0.15) is 25.0 Å². The Labute approximate surface area is 148 Å². The molecule has 5 heteroatoms.